The van der Waals surface area contributed by atoms with Gasteiger partial charge in [0, 0.05) is 31.0 Å². The summed E-state index contributed by atoms with van der Waals surface area (Å²) in [6, 6.07) is 20.6. The molecule has 1 fully saturated rings. The largest absolute Gasteiger partial charge is 0.444 e. The van der Waals surface area contributed by atoms with E-state index < -0.39 is 5.60 Å². The molecule has 0 bridgehead atoms. The molecule has 0 unspecified atom stereocenters. The van der Waals surface area contributed by atoms with Crippen LogP contribution >= 0.6 is 0 Å². The van der Waals surface area contributed by atoms with Gasteiger partial charge in [0.1, 0.15) is 5.60 Å². The third-order valence-corrected chi connectivity index (χ3v) is 5.96. The average Bonchev–Trinajstić information content (AvgIpc) is 2.77. The fourth-order valence-corrected chi connectivity index (χ4v) is 4.04. The number of rotatable bonds is 5. The lowest BCUT2D eigenvalue weighted by Gasteiger charge is -2.34. The van der Waals surface area contributed by atoms with Gasteiger partial charge in [-0.15, -0.1) is 0 Å². The number of ether oxygens (including phenoxy) is 1. The number of nitrogens with zero attached hydrogens (tertiary/aromatic N) is 1. The van der Waals surface area contributed by atoms with Crippen molar-refractivity contribution in [1.29, 1.82) is 0 Å². The second kappa shape index (κ2) is 9.54. The van der Waals surface area contributed by atoms with E-state index in [0.29, 0.717) is 32.5 Å². The Labute approximate surface area is 185 Å². The zero-order valence-corrected chi connectivity index (χ0v) is 19.1. The summed E-state index contributed by atoms with van der Waals surface area (Å²) in [6.45, 7) is 9.36. The van der Waals surface area contributed by atoms with Gasteiger partial charge < -0.3 is 15.0 Å². The molecule has 5 nitrogen and oxygen atoms in total. The van der Waals surface area contributed by atoms with E-state index in [1.165, 1.54) is 11.1 Å². The number of amides is 2. The molecular formula is C26H34N2O3. The highest BCUT2D eigenvalue weighted by molar-refractivity contribution is 5.79. The first-order valence-electron chi connectivity index (χ1n) is 11.1. The molecule has 1 aliphatic rings. The van der Waals surface area contributed by atoms with Gasteiger partial charge in [-0.1, -0.05) is 60.7 Å². The molecule has 2 aromatic carbocycles. The summed E-state index contributed by atoms with van der Waals surface area (Å²) in [5.41, 5.74) is 1.50. The van der Waals surface area contributed by atoms with Gasteiger partial charge in [-0.2, -0.15) is 0 Å². The first kappa shape index (κ1) is 22.9. The Morgan fingerprint density at radius 2 is 1.39 bits per heavy atom. The van der Waals surface area contributed by atoms with Crippen LogP contribution in [0.4, 0.5) is 4.79 Å². The summed E-state index contributed by atoms with van der Waals surface area (Å²) in [5, 5.41) is 3.20. The van der Waals surface area contributed by atoms with Crippen molar-refractivity contribution in [3.8, 4) is 0 Å². The van der Waals surface area contributed by atoms with Crippen molar-refractivity contribution < 1.29 is 14.3 Å². The van der Waals surface area contributed by atoms with Crippen molar-refractivity contribution in [2.75, 3.05) is 19.6 Å². The fourth-order valence-electron chi connectivity index (χ4n) is 4.04. The number of carbonyl (C=O) groups excluding carboxylic acids is 2. The van der Waals surface area contributed by atoms with Crippen molar-refractivity contribution in [3.63, 3.8) is 0 Å². The molecule has 31 heavy (non-hydrogen) atoms. The zero-order valence-electron chi connectivity index (χ0n) is 19.1. The number of hydrogen-bond donors (Lipinski definition) is 1. The molecule has 3 rings (SSSR count). The third kappa shape index (κ3) is 5.87. The van der Waals surface area contributed by atoms with Gasteiger partial charge in [0.15, 0.2) is 0 Å². The van der Waals surface area contributed by atoms with Gasteiger partial charge >= 0.3 is 6.09 Å². The Balaban J connectivity index is 1.62. The average molecular weight is 423 g/mol. The van der Waals surface area contributed by atoms with E-state index in [4.69, 9.17) is 4.74 Å². The van der Waals surface area contributed by atoms with Crippen LogP contribution in [-0.2, 0) is 14.9 Å². The van der Waals surface area contributed by atoms with E-state index in [-0.39, 0.29) is 23.3 Å². The normalized spacial score (nSPS) is 15.4. The Hall–Kier alpha value is -2.82. The van der Waals surface area contributed by atoms with Gasteiger partial charge in [0.25, 0.3) is 0 Å². The fraction of sp³-hybridized carbons (Fsp3) is 0.462. The lowest BCUT2D eigenvalue weighted by atomic mass is 9.76. The summed E-state index contributed by atoms with van der Waals surface area (Å²) >= 11 is 0. The molecule has 5 heteroatoms. The molecule has 1 N–H and O–H groups in total. The summed E-state index contributed by atoms with van der Waals surface area (Å²) in [6.07, 6.45) is 1.00. The van der Waals surface area contributed by atoms with Crippen molar-refractivity contribution >= 4 is 12.0 Å². The molecule has 0 radical (unpaired) electrons. The minimum atomic E-state index is -0.509. The van der Waals surface area contributed by atoms with Gasteiger partial charge in [0.05, 0.1) is 0 Å². The summed E-state index contributed by atoms with van der Waals surface area (Å²) < 4.78 is 5.45. The number of benzene rings is 2. The standard InChI is InChI=1S/C26H34N2O3/c1-25(2,3)31-24(30)28-17-15-20(16-18-28)23(29)27-19-26(4,21-11-7-5-8-12-21)22-13-9-6-10-14-22/h5-14,20H,15-19H2,1-4H3,(H,27,29). The summed E-state index contributed by atoms with van der Waals surface area (Å²) in [7, 11) is 0. The number of carbonyl (C=O) groups is 2. The number of piperidine rings is 1. The summed E-state index contributed by atoms with van der Waals surface area (Å²) in [5.74, 6) is -0.0311. The maximum Gasteiger partial charge on any atom is 0.410 e. The van der Waals surface area contributed by atoms with Crippen molar-refractivity contribution in [1.82, 2.24) is 10.2 Å². The molecule has 0 saturated carbocycles. The Kier molecular flexibility index (Phi) is 7.04. The van der Waals surface area contributed by atoms with Crippen LogP contribution in [0.5, 0.6) is 0 Å². The predicted molar refractivity (Wildman–Crippen MR) is 123 cm³/mol. The molecule has 1 saturated heterocycles. The molecule has 1 aliphatic heterocycles. The molecule has 0 spiro atoms. The van der Waals surface area contributed by atoms with Crippen LogP contribution in [0, 0.1) is 5.92 Å². The number of nitrogens with one attached hydrogen (secondary N) is 1. The first-order chi connectivity index (χ1) is 14.7. The van der Waals surface area contributed by atoms with Crippen molar-refractivity contribution in [2.45, 2.75) is 51.6 Å². The monoisotopic (exact) mass is 422 g/mol. The second-order valence-corrected chi connectivity index (χ2v) is 9.52. The highest BCUT2D eigenvalue weighted by atomic mass is 16.6. The Bertz CT molecular complexity index is 827. The van der Waals surface area contributed by atoms with Gasteiger partial charge in [-0.05, 0) is 51.7 Å². The quantitative estimate of drug-likeness (QED) is 0.756. The second-order valence-electron chi connectivity index (χ2n) is 9.52. The van der Waals surface area contributed by atoms with Crippen LogP contribution in [0.15, 0.2) is 60.7 Å². The van der Waals surface area contributed by atoms with E-state index in [2.05, 4.69) is 36.5 Å². The molecule has 2 aromatic rings. The van der Waals surface area contributed by atoms with E-state index in [1.54, 1.807) is 4.90 Å². The molecule has 2 amide bonds. The number of hydrogen-bond acceptors (Lipinski definition) is 3. The number of likely N-dealkylation sites (tertiary alicyclic amines) is 1. The maximum atomic E-state index is 13.0. The lowest BCUT2D eigenvalue weighted by molar-refractivity contribution is -0.126. The van der Waals surface area contributed by atoms with Crippen LogP contribution < -0.4 is 5.32 Å². The molecule has 0 aliphatic carbocycles. The van der Waals surface area contributed by atoms with Gasteiger partial charge in [0.2, 0.25) is 5.91 Å². The summed E-state index contributed by atoms with van der Waals surface area (Å²) in [4.78, 5) is 26.9. The maximum absolute atomic E-state index is 13.0. The molecular weight excluding hydrogens is 388 g/mol. The Morgan fingerprint density at radius 1 is 0.903 bits per heavy atom. The van der Waals surface area contributed by atoms with E-state index in [0.717, 1.165) is 0 Å². The van der Waals surface area contributed by atoms with Crippen LogP contribution in [0.2, 0.25) is 0 Å². The smallest absolute Gasteiger partial charge is 0.410 e. The van der Waals surface area contributed by atoms with Crippen molar-refractivity contribution in [2.24, 2.45) is 5.92 Å². The third-order valence-electron chi connectivity index (χ3n) is 5.96. The van der Waals surface area contributed by atoms with Crippen LogP contribution in [-0.4, -0.2) is 42.1 Å². The van der Waals surface area contributed by atoms with Crippen LogP contribution in [0.1, 0.15) is 51.7 Å². The predicted octanol–water partition coefficient (Wildman–Crippen LogP) is 4.76. The highest BCUT2D eigenvalue weighted by Crippen LogP contribution is 2.31. The van der Waals surface area contributed by atoms with E-state index in [9.17, 15) is 9.59 Å². The molecule has 166 valence electrons. The van der Waals surface area contributed by atoms with E-state index in [1.807, 2.05) is 57.2 Å². The SMILES string of the molecule is CC(C)(C)OC(=O)N1CCC(C(=O)NCC(C)(c2ccccc2)c2ccccc2)CC1. The molecule has 0 atom stereocenters. The molecule has 1 heterocycles. The molecule has 0 aromatic heterocycles. The van der Waals surface area contributed by atoms with E-state index >= 15 is 0 Å². The highest BCUT2D eigenvalue weighted by Gasteiger charge is 2.33. The lowest BCUT2D eigenvalue weighted by Crippen LogP contribution is -2.47. The van der Waals surface area contributed by atoms with Crippen LogP contribution in [0.3, 0.4) is 0 Å². The Morgan fingerprint density at radius 3 is 1.84 bits per heavy atom. The van der Waals surface area contributed by atoms with Crippen molar-refractivity contribution in [3.05, 3.63) is 71.8 Å². The van der Waals surface area contributed by atoms with Gasteiger partial charge in [-0.3, -0.25) is 4.79 Å². The zero-order chi connectivity index (χ0) is 22.5. The van der Waals surface area contributed by atoms with Crippen LogP contribution in [0.25, 0.3) is 0 Å². The topological polar surface area (TPSA) is 58.6 Å². The van der Waals surface area contributed by atoms with Gasteiger partial charge in [-0.25, -0.2) is 4.79 Å². The minimum Gasteiger partial charge on any atom is -0.444 e. The minimum absolute atomic E-state index is 0.0573. The first-order valence-corrected chi connectivity index (χ1v) is 11.1.